The van der Waals surface area contributed by atoms with Gasteiger partial charge < -0.3 is 9.64 Å². The molecule has 0 unspecified atom stereocenters. The highest BCUT2D eigenvalue weighted by molar-refractivity contribution is 9.10. The van der Waals surface area contributed by atoms with Crippen molar-refractivity contribution in [3.8, 4) is 5.75 Å². The van der Waals surface area contributed by atoms with Gasteiger partial charge in [0, 0.05) is 37.0 Å². The minimum Gasteiger partial charge on any atom is -0.489 e. The number of nitro benzene ring substituents is 1. The number of nitrogens with zero attached hydrogens (tertiary/aromatic N) is 4. The topological polar surface area (TPSA) is 90.5 Å². The fourth-order valence-electron chi connectivity index (χ4n) is 3.11. The number of nitro groups is 1. The van der Waals surface area contributed by atoms with E-state index in [9.17, 15) is 14.9 Å². The Labute approximate surface area is 188 Å². The molecular weight excluding hydrogens is 464 g/mol. The highest BCUT2D eigenvalue weighted by atomic mass is 79.9. The molecule has 162 valence electrons. The molecule has 1 aromatic heterocycles. The zero-order valence-electron chi connectivity index (χ0n) is 17.5. The summed E-state index contributed by atoms with van der Waals surface area (Å²) in [4.78, 5) is 25.0. The Balaban J connectivity index is 1.66. The fraction of sp³-hybridized carbons (Fsp3) is 0.273. The van der Waals surface area contributed by atoms with Crippen LogP contribution in [0.5, 0.6) is 5.75 Å². The highest BCUT2D eigenvalue weighted by Gasteiger charge is 2.16. The first-order chi connectivity index (χ1) is 14.8. The van der Waals surface area contributed by atoms with E-state index in [4.69, 9.17) is 4.74 Å². The third-order valence-corrected chi connectivity index (χ3v) is 5.45. The van der Waals surface area contributed by atoms with Gasteiger partial charge in [0.05, 0.1) is 21.6 Å². The normalized spacial score (nSPS) is 10.7. The highest BCUT2D eigenvalue weighted by Crippen LogP contribution is 2.24. The Morgan fingerprint density at radius 1 is 1.29 bits per heavy atom. The summed E-state index contributed by atoms with van der Waals surface area (Å²) < 4.78 is 8.45. The molecule has 9 heteroatoms. The zero-order valence-corrected chi connectivity index (χ0v) is 19.1. The van der Waals surface area contributed by atoms with E-state index in [2.05, 4.69) is 21.0 Å². The van der Waals surface area contributed by atoms with Gasteiger partial charge in [0.1, 0.15) is 12.4 Å². The predicted octanol–water partition coefficient (Wildman–Crippen LogP) is 4.73. The smallest absolute Gasteiger partial charge is 0.272 e. The summed E-state index contributed by atoms with van der Waals surface area (Å²) in [5.41, 5.74) is 2.76. The van der Waals surface area contributed by atoms with Crippen LogP contribution in [-0.2, 0) is 19.7 Å². The molecule has 31 heavy (non-hydrogen) atoms. The number of benzene rings is 2. The molecule has 0 aliphatic carbocycles. The maximum atomic E-state index is 12.9. The van der Waals surface area contributed by atoms with E-state index in [0.29, 0.717) is 23.4 Å². The summed E-state index contributed by atoms with van der Waals surface area (Å²) in [6.07, 6.45) is 1.89. The molecule has 1 amide bonds. The van der Waals surface area contributed by atoms with Gasteiger partial charge in [-0.25, -0.2) is 0 Å². The maximum Gasteiger partial charge on any atom is 0.272 e. The SMILES string of the molecule is CCn1cc(Br)c(CN(C)C(=O)c2cccc(COc3ccc([N+](=O)[O-])c(C)c3)c2)n1. The van der Waals surface area contributed by atoms with Gasteiger partial charge >= 0.3 is 0 Å². The number of aryl methyl sites for hydroxylation is 2. The van der Waals surface area contributed by atoms with Gasteiger partial charge in [-0.3, -0.25) is 19.6 Å². The summed E-state index contributed by atoms with van der Waals surface area (Å²) in [5, 5.41) is 15.4. The number of rotatable bonds is 8. The largest absolute Gasteiger partial charge is 0.489 e. The van der Waals surface area contributed by atoms with Crippen LogP contribution in [0.1, 0.15) is 34.1 Å². The number of carbonyl (C=O) groups is 1. The maximum absolute atomic E-state index is 12.9. The molecule has 0 saturated carbocycles. The predicted molar refractivity (Wildman–Crippen MR) is 120 cm³/mol. The second-order valence-corrected chi connectivity index (χ2v) is 7.99. The number of ether oxygens (including phenoxy) is 1. The monoisotopic (exact) mass is 486 g/mol. The van der Waals surface area contributed by atoms with Gasteiger partial charge in [-0.2, -0.15) is 5.10 Å². The van der Waals surface area contributed by atoms with Gasteiger partial charge in [0.2, 0.25) is 0 Å². The van der Waals surface area contributed by atoms with Crippen molar-refractivity contribution < 1.29 is 14.5 Å². The minimum atomic E-state index is -0.421. The van der Waals surface area contributed by atoms with E-state index >= 15 is 0 Å². The van der Waals surface area contributed by atoms with Crippen LogP contribution >= 0.6 is 15.9 Å². The average Bonchev–Trinajstić information content (AvgIpc) is 3.11. The van der Waals surface area contributed by atoms with Gasteiger partial charge in [-0.15, -0.1) is 0 Å². The molecule has 8 nitrogen and oxygen atoms in total. The Hall–Kier alpha value is -3.20. The van der Waals surface area contributed by atoms with Gasteiger partial charge in [0.25, 0.3) is 11.6 Å². The second kappa shape index (κ2) is 9.74. The number of hydrogen-bond donors (Lipinski definition) is 0. The number of hydrogen-bond acceptors (Lipinski definition) is 5. The van der Waals surface area contributed by atoms with Crippen molar-refractivity contribution >= 4 is 27.5 Å². The van der Waals surface area contributed by atoms with E-state index in [-0.39, 0.29) is 18.2 Å². The second-order valence-electron chi connectivity index (χ2n) is 7.14. The van der Waals surface area contributed by atoms with Crippen LogP contribution < -0.4 is 4.74 Å². The van der Waals surface area contributed by atoms with E-state index in [1.807, 2.05) is 29.9 Å². The van der Waals surface area contributed by atoms with Crippen molar-refractivity contribution in [2.75, 3.05) is 7.05 Å². The molecule has 0 bridgehead atoms. The van der Waals surface area contributed by atoms with Crippen molar-refractivity contribution in [1.29, 1.82) is 0 Å². The Morgan fingerprint density at radius 2 is 2.06 bits per heavy atom. The van der Waals surface area contributed by atoms with Crippen LogP contribution in [0.15, 0.2) is 53.1 Å². The standard InChI is InChI=1S/C22H23BrN4O4/c1-4-26-12-19(23)20(24-26)13-25(3)22(28)17-7-5-6-16(11-17)14-31-18-8-9-21(27(29)30)15(2)10-18/h5-12H,4,13-14H2,1-3H3. The Bertz CT molecular complexity index is 1110. The molecule has 3 aromatic rings. The van der Waals surface area contributed by atoms with Crippen molar-refractivity contribution in [2.45, 2.75) is 33.5 Å². The van der Waals surface area contributed by atoms with E-state index < -0.39 is 4.92 Å². The Kier molecular flexibility index (Phi) is 7.06. The fourth-order valence-corrected chi connectivity index (χ4v) is 3.55. The lowest BCUT2D eigenvalue weighted by Gasteiger charge is -2.17. The molecular formula is C22H23BrN4O4. The summed E-state index contributed by atoms with van der Waals surface area (Å²) >= 11 is 3.49. The molecule has 3 rings (SSSR count). The molecule has 0 radical (unpaired) electrons. The summed E-state index contributed by atoms with van der Waals surface area (Å²) in [7, 11) is 1.74. The lowest BCUT2D eigenvalue weighted by molar-refractivity contribution is -0.385. The summed E-state index contributed by atoms with van der Waals surface area (Å²) in [6, 6.07) is 11.9. The van der Waals surface area contributed by atoms with Crippen molar-refractivity contribution in [1.82, 2.24) is 14.7 Å². The molecule has 0 aliphatic rings. The van der Waals surface area contributed by atoms with Crippen molar-refractivity contribution in [3.05, 3.63) is 85.6 Å². The van der Waals surface area contributed by atoms with E-state index in [1.54, 1.807) is 43.1 Å². The van der Waals surface area contributed by atoms with Crippen LogP contribution in [0, 0.1) is 17.0 Å². The van der Waals surface area contributed by atoms with Crippen molar-refractivity contribution in [3.63, 3.8) is 0 Å². The first kappa shape index (κ1) is 22.5. The molecule has 0 aliphatic heterocycles. The number of halogens is 1. The zero-order chi connectivity index (χ0) is 22.5. The van der Waals surface area contributed by atoms with Crippen LogP contribution in [0.25, 0.3) is 0 Å². The van der Waals surface area contributed by atoms with Gasteiger partial charge in [0.15, 0.2) is 0 Å². The molecule has 0 spiro atoms. The number of carbonyl (C=O) groups excluding carboxylic acids is 1. The quantitative estimate of drug-likeness (QED) is 0.339. The minimum absolute atomic E-state index is 0.0541. The molecule has 0 fully saturated rings. The lowest BCUT2D eigenvalue weighted by atomic mass is 10.1. The van der Waals surface area contributed by atoms with Crippen LogP contribution in [-0.4, -0.2) is 32.6 Å². The molecule has 0 N–H and O–H groups in total. The third-order valence-electron chi connectivity index (χ3n) is 4.79. The summed E-state index contributed by atoms with van der Waals surface area (Å²) in [6.45, 7) is 5.06. The number of amides is 1. The van der Waals surface area contributed by atoms with Crippen LogP contribution in [0.2, 0.25) is 0 Å². The lowest BCUT2D eigenvalue weighted by Crippen LogP contribution is -2.26. The number of aromatic nitrogens is 2. The third kappa shape index (κ3) is 5.49. The molecule has 2 aromatic carbocycles. The molecule has 0 atom stereocenters. The van der Waals surface area contributed by atoms with Gasteiger partial charge in [-0.1, -0.05) is 12.1 Å². The van der Waals surface area contributed by atoms with Gasteiger partial charge in [-0.05, 0) is 59.6 Å². The molecule has 1 heterocycles. The summed E-state index contributed by atoms with van der Waals surface area (Å²) in [5.74, 6) is 0.416. The van der Waals surface area contributed by atoms with E-state index in [1.165, 1.54) is 6.07 Å². The van der Waals surface area contributed by atoms with Crippen LogP contribution in [0.4, 0.5) is 5.69 Å². The Morgan fingerprint density at radius 3 is 2.71 bits per heavy atom. The first-order valence-corrected chi connectivity index (χ1v) is 10.5. The van der Waals surface area contributed by atoms with Crippen LogP contribution in [0.3, 0.4) is 0 Å². The molecule has 0 saturated heterocycles. The first-order valence-electron chi connectivity index (χ1n) is 9.72. The van der Waals surface area contributed by atoms with E-state index in [0.717, 1.165) is 22.3 Å². The average molecular weight is 487 g/mol. The van der Waals surface area contributed by atoms with Crippen molar-refractivity contribution in [2.24, 2.45) is 0 Å².